The molecule has 0 aliphatic rings. The number of hydrogen-bond acceptors (Lipinski definition) is 4. The van der Waals surface area contributed by atoms with Gasteiger partial charge in [0.05, 0.1) is 12.3 Å². The van der Waals surface area contributed by atoms with Crippen molar-refractivity contribution < 1.29 is 24.3 Å². The molecule has 2 rings (SSSR count). The summed E-state index contributed by atoms with van der Waals surface area (Å²) in [5, 5.41) is 12.4. The minimum atomic E-state index is -1.01. The first-order valence-corrected chi connectivity index (χ1v) is 9.73. The van der Waals surface area contributed by atoms with Crippen LogP contribution in [0.15, 0.2) is 48.5 Å². The van der Waals surface area contributed by atoms with Crippen molar-refractivity contribution in [1.82, 2.24) is 5.32 Å². The Labute approximate surface area is 179 Å². The maximum Gasteiger partial charge on any atom is 0.306 e. The van der Waals surface area contributed by atoms with Crippen molar-refractivity contribution in [1.29, 1.82) is 0 Å². The zero-order valence-corrected chi connectivity index (χ0v) is 17.2. The van der Waals surface area contributed by atoms with Gasteiger partial charge >= 0.3 is 5.97 Å². The summed E-state index contributed by atoms with van der Waals surface area (Å²) in [5.41, 5.74) is 7.71. The second-order valence-corrected chi connectivity index (χ2v) is 7.56. The number of hydrogen-bond donors (Lipinski definition) is 3. The van der Waals surface area contributed by atoms with E-state index >= 15 is 0 Å². The molecule has 0 aliphatic heterocycles. The van der Waals surface area contributed by atoms with E-state index < -0.39 is 41.9 Å². The number of carboxylic acids is 1. The number of halogens is 1. The zero-order valence-electron chi connectivity index (χ0n) is 16.4. The van der Waals surface area contributed by atoms with Gasteiger partial charge in [-0.15, -0.1) is 0 Å². The molecule has 2 aromatic carbocycles. The Bertz CT molecular complexity index is 943. The average molecular weight is 431 g/mol. The van der Waals surface area contributed by atoms with Crippen LogP contribution in [0.3, 0.4) is 0 Å². The van der Waals surface area contributed by atoms with Crippen LogP contribution in [0, 0.1) is 5.92 Å². The number of carbonyl (C=O) groups is 4. The predicted octanol–water partition coefficient (Wildman–Crippen LogP) is 2.59. The number of ketones is 1. The van der Waals surface area contributed by atoms with E-state index in [9.17, 15) is 24.3 Å². The predicted molar refractivity (Wildman–Crippen MR) is 113 cm³/mol. The maximum atomic E-state index is 12.1. The fourth-order valence-electron chi connectivity index (χ4n) is 3.01. The zero-order chi connectivity index (χ0) is 22.3. The summed E-state index contributed by atoms with van der Waals surface area (Å²) in [6.45, 7) is 1.52. The summed E-state index contributed by atoms with van der Waals surface area (Å²) in [4.78, 5) is 45.9. The minimum absolute atomic E-state index is 0.126. The number of benzene rings is 2. The summed E-state index contributed by atoms with van der Waals surface area (Å²) in [6.07, 6.45) is -0.245. The van der Waals surface area contributed by atoms with Gasteiger partial charge in [-0.05, 0) is 41.7 Å². The first-order valence-electron chi connectivity index (χ1n) is 9.35. The summed E-state index contributed by atoms with van der Waals surface area (Å²) in [6, 6.07) is 14.4. The quantitative estimate of drug-likeness (QED) is 0.394. The summed E-state index contributed by atoms with van der Waals surface area (Å²) < 4.78 is 0. The summed E-state index contributed by atoms with van der Waals surface area (Å²) >= 11 is 6.03. The van der Waals surface area contributed by atoms with E-state index in [0.29, 0.717) is 11.4 Å². The molecule has 0 bridgehead atoms. The molecule has 2 aromatic rings. The Hall–Kier alpha value is -3.19. The highest BCUT2D eigenvalue weighted by atomic mass is 35.5. The molecule has 0 radical (unpaired) electrons. The molecule has 0 spiro atoms. The van der Waals surface area contributed by atoms with Crippen LogP contribution in [-0.4, -0.2) is 34.7 Å². The fraction of sp³-hybridized carbons (Fsp3) is 0.273. The number of Topliss-reactive ketones (excluding diaryl/α,β-unsaturated/α-hetero) is 1. The first kappa shape index (κ1) is 23.1. The van der Waals surface area contributed by atoms with Gasteiger partial charge in [-0.2, -0.15) is 0 Å². The molecular formula is C22H23ClN2O5. The SMILES string of the molecule is CC(CC(Cc1ccc(-c2cccc(Cl)c2)cc1)NC(=O)C(=O)CC(N)=O)C(=O)O. The molecule has 0 aromatic heterocycles. The number of carbonyl (C=O) groups excluding carboxylic acids is 3. The monoisotopic (exact) mass is 430 g/mol. The molecule has 4 N–H and O–H groups in total. The van der Waals surface area contributed by atoms with Crippen LogP contribution in [-0.2, 0) is 25.6 Å². The van der Waals surface area contributed by atoms with Crippen molar-refractivity contribution in [3.05, 3.63) is 59.1 Å². The van der Waals surface area contributed by atoms with E-state index in [1.807, 2.05) is 42.5 Å². The van der Waals surface area contributed by atoms with Crippen molar-refractivity contribution >= 4 is 35.2 Å². The van der Waals surface area contributed by atoms with Crippen molar-refractivity contribution in [2.24, 2.45) is 11.7 Å². The van der Waals surface area contributed by atoms with Crippen LogP contribution in [0.25, 0.3) is 11.1 Å². The third kappa shape index (κ3) is 7.00. The van der Waals surface area contributed by atoms with Gasteiger partial charge in [-0.25, -0.2) is 0 Å². The number of carboxylic acid groups (broad SMARTS) is 1. The molecule has 0 saturated carbocycles. The number of nitrogens with one attached hydrogen (secondary N) is 1. The molecule has 2 amide bonds. The minimum Gasteiger partial charge on any atom is -0.481 e. The topological polar surface area (TPSA) is 127 Å². The van der Waals surface area contributed by atoms with Crippen molar-refractivity contribution in [2.75, 3.05) is 0 Å². The lowest BCUT2D eigenvalue weighted by Crippen LogP contribution is -2.43. The first-order chi connectivity index (χ1) is 14.2. The van der Waals surface area contributed by atoms with E-state index in [2.05, 4.69) is 5.32 Å². The number of aliphatic carboxylic acids is 1. The van der Waals surface area contributed by atoms with E-state index in [4.69, 9.17) is 17.3 Å². The second kappa shape index (κ2) is 10.5. The Morgan fingerprint density at radius 1 is 1.07 bits per heavy atom. The van der Waals surface area contributed by atoms with E-state index in [-0.39, 0.29) is 6.42 Å². The smallest absolute Gasteiger partial charge is 0.306 e. The van der Waals surface area contributed by atoms with Crippen LogP contribution in [0.2, 0.25) is 5.02 Å². The van der Waals surface area contributed by atoms with Crippen molar-refractivity contribution in [2.45, 2.75) is 32.2 Å². The molecule has 0 heterocycles. The lowest BCUT2D eigenvalue weighted by Gasteiger charge is -2.20. The van der Waals surface area contributed by atoms with Gasteiger partial charge in [-0.3, -0.25) is 19.2 Å². The third-order valence-electron chi connectivity index (χ3n) is 4.58. The number of primary amides is 1. The molecular weight excluding hydrogens is 408 g/mol. The highest BCUT2D eigenvalue weighted by Gasteiger charge is 2.24. The van der Waals surface area contributed by atoms with Crippen LogP contribution in [0.5, 0.6) is 0 Å². The molecule has 0 saturated heterocycles. The Morgan fingerprint density at radius 2 is 1.73 bits per heavy atom. The normalized spacial score (nSPS) is 12.6. The third-order valence-corrected chi connectivity index (χ3v) is 4.81. The van der Waals surface area contributed by atoms with Gasteiger partial charge in [-0.1, -0.05) is 54.9 Å². The Kier molecular flexibility index (Phi) is 8.12. The van der Waals surface area contributed by atoms with Gasteiger partial charge < -0.3 is 16.2 Å². The average Bonchev–Trinajstić information content (AvgIpc) is 2.67. The van der Waals surface area contributed by atoms with Crippen molar-refractivity contribution in [3.8, 4) is 11.1 Å². The Balaban J connectivity index is 2.14. The molecule has 0 aliphatic carbocycles. The van der Waals surface area contributed by atoms with Crippen LogP contribution < -0.4 is 11.1 Å². The second-order valence-electron chi connectivity index (χ2n) is 7.12. The standard InChI is InChI=1S/C22H23ClN2O5/c1-13(22(29)30)9-18(25-21(28)19(26)12-20(24)27)10-14-5-7-15(8-6-14)16-3-2-4-17(23)11-16/h2-8,11,13,18H,9-10,12H2,1H3,(H2,24,27)(H,25,28)(H,29,30). The Morgan fingerprint density at radius 3 is 2.30 bits per heavy atom. The van der Waals surface area contributed by atoms with E-state index in [0.717, 1.165) is 16.7 Å². The van der Waals surface area contributed by atoms with Crippen LogP contribution in [0.4, 0.5) is 0 Å². The fourth-order valence-corrected chi connectivity index (χ4v) is 3.20. The number of nitrogens with two attached hydrogens (primary N) is 1. The molecule has 2 atom stereocenters. The molecule has 7 nitrogen and oxygen atoms in total. The van der Waals surface area contributed by atoms with Gasteiger partial charge in [0.1, 0.15) is 0 Å². The van der Waals surface area contributed by atoms with Gasteiger partial charge in [0.15, 0.2) is 0 Å². The van der Waals surface area contributed by atoms with Gasteiger partial charge in [0.25, 0.3) is 5.91 Å². The lowest BCUT2D eigenvalue weighted by atomic mass is 9.94. The molecule has 8 heteroatoms. The van der Waals surface area contributed by atoms with Gasteiger partial charge in [0.2, 0.25) is 11.7 Å². The summed E-state index contributed by atoms with van der Waals surface area (Å²) in [7, 11) is 0. The molecule has 158 valence electrons. The largest absolute Gasteiger partial charge is 0.481 e. The van der Waals surface area contributed by atoms with E-state index in [1.54, 1.807) is 6.07 Å². The highest BCUT2D eigenvalue weighted by Crippen LogP contribution is 2.23. The van der Waals surface area contributed by atoms with Gasteiger partial charge in [0, 0.05) is 11.1 Å². The van der Waals surface area contributed by atoms with Crippen LogP contribution in [0.1, 0.15) is 25.3 Å². The number of amides is 2. The lowest BCUT2D eigenvalue weighted by molar-refractivity contribution is -0.142. The van der Waals surface area contributed by atoms with Crippen molar-refractivity contribution in [3.63, 3.8) is 0 Å². The maximum absolute atomic E-state index is 12.1. The highest BCUT2D eigenvalue weighted by molar-refractivity contribution is 6.39. The molecule has 2 unspecified atom stereocenters. The summed E-state index contributed by atoms with van der Waals surface area (Å²) in [5.74, 6) is -4.54. The van der Waals surface area contributed by atoms with Crippen LogP contribution >= 0.6 is 11.6 Å². The number of rotatable bonds is 10. The van der Waals surface area contributed by atoms with E-state index in [1.165, 1.54) is 6.92 Å². The molecule has 30 heavy (non-hydrogen) atoms. The molecule has 0 fully saturated rings.